The van der Waals surface area contributed by atoms with E-state index < -0.39 is 0 Å². The smallest absolute Gasteiger partial charge is 0.243 e. The minimum Gasteiger partial charge on any atom is -0.347 e. The number of benzene rings is 2. The molecule has 0 spiro atoms. The summed E-state index contributed by atoms with van der Waals surface area (Å²) >= 11 is 3.41. The number of halogens is 1. The topological polar surface area (TPSA) is 58.2 Å². The summed E-state index contributed by atoms with van der Waals surface area (Å²) in [5, 5.41) is 5.49. The standard InChI is InChI=1S/C18H19BrN2O2/c1-12-6-5-7-13(2)18(12)21-17(23)11-20-16(22)10-14-8-3-4-9-15(14)19/h3-9H,10-11H2,1-2H3,(H,20,22)(H,21,23). The van der Waals surface area contributed by atoms with Crippen LogP contribution in [0.2, 0.25) is 0 Å². The average Bonchev–Trinajstić information content (AvgIpc) is 2.51. The van der Waals surface area contributed by atoms with E-state index in [1.807, 2.05) is 56.3 Å². The minimum absolute atomic E-state index is 0.0446. The number of hydrogen-bond donors (Lipinski definition) is 2. The van der Waals surface area contributed by atoms with Crippen molar-refractivity contribution in [2.75, 3.05) is 11.9 Å². The monoisotopic (exact) mass is 374 g/mol. The molecule has 2 aromatic carbocycles. The summed E-state index contributed by atoms with van der Waals surface area (Å²) in [5.41, 5.74) is 3.69. The fourth-order valence-corrected chi connectivity index (χ4v) is 2.68. The Kier molecular flexibility index (Phi) is 5.93. The van der Waals surface area contributed by atoms with Gasteiger partial charge in [0, 0.05) is 10.2 Å². The SMILES string of the molecule is Cc1cccc(C)c1NC(=O)CNC(=O)Cc1ccccc1Br. The van der Waals surface area contributed by atoms with Crippen LogP contribution in [0.1, 0.15) is 16.7 Å². The van der Waals surface area contributed by atoms with Gasteiger partial charge in [0.15, 0.2) is 0 Å². The molecule has 0 aromatic heterocycles. The van der Waals surface area contributed by atoms with E-state index >= 15 is 0 Å². The normalized spacial score (nSPS) is 10.2. The average molecular weight is 375 g/mol. The molecule has 120 valence electrons. The van der Waals surface area contributed by atoms with Crippen molar-refractivity contribution < 1.29 is 9.59 Å². The molecule has 0 aliphatic carbocycles. The first-order valence-corrected chi connectivity index (χ1v) is 8.13. The zero-order valence-electron chi connectivity index (χ0n) is 13.2. The molecule has 0 saturated carbocycles. The predicted molar refractivity (Wildman–Crippen MR) is 95.4 cm³/mol. The molecule has 0 fully saturated rings. The van der Waals surface area contributed by atoms with Gasteiger partial charge in [-0.15, -0.1) is 0 Å². The lowest BCUT2D eigenvalue weighted by Crippen LogP contribution is -2.34. The van der Waals surface area contributed by atoms with Crippen molar-refractivity contribution in [1.29, 1.82) is 0 Å². The zero-order chi connectivity index (χ0) is 16.8. The maximum atomic E-state index is 12.0. The molecule has 5 heteroatoms. The maximum Gasteiger partial charge on any atom is 0.243 e. The van der Waals surface area contributed by atoms with Crippen molar-refractivity contribution in [2.45, 2.75) is 20.3 Å². The molecule has 0 radical (unpaired) electrons. The van der Waals surface area contributed by atoms with Crippen LogP contribution in [-0.4, -0.2) is 18.4 Å². The van der Waals surface area contributed by atoms with Crippen molar-refractivity contribution in [3.8, 4) is 0 Å². The van der Waals surface area contributed by atoms with E-state index in [4.69, 9.17) is 0 Å². The predicted octanol–water partition coefficient (Wildman–Crippen LogP) is 3.36. The third-order valence-corrected chi connectivity index (χ3v) is 4.27. The maximum absolute atomic E-state index is 12.0. The van der Waals surface area contributed by atoms with Crippen LogP contribution in [0.4, 0.5) is 5.69 Å². The van der Waals surface area contributed by atoms with Crippen LogP contribution in [0.3, 0.4) is 0 Å². The Morgan fingerprint density at radius 2 is 1.61 bits per heavy atom. The Morgan fingerprint density at radius 1 is 0.957 bits per heavy atom. The molecule has 2 rings (SSSR count). The summed E-state index contributed by atoms with van der Waals surface area (Å²) in [6, 6.07) is 13.4. The molecule has 0 atom stereocenters. The summed E-state index contributed by atoms with van der Waals surface area (Å²) in [7, 11) is 0. The van der Waals surface area contributed by atoms with E-state index in [0.29, 0.717) is 0 Å². The number of para-hydroxylation sites is 1. The van der Waals surface area contributed by atoms with Crippen LogP contribution in [0.5, 0.6) is 0 Å². The quantitative estimate of drug-likeness (QED) is 0.842. The second-order valence-corrected chi connectivity index (χ2v) is 6.21. The van der Waals surface area contributed by atoms with Gasteiger partial charge in [-0.2, -0.15) is 0 Å². The molecule has 0 heterocycles. The van der Waals surface area contributed by atoms with E-state index in [9.17, 15) is 9.59 Å². The van der Waals surface area contributed by atoms with Gasteiger partial charge < -0.3 is 10.6 Å². The number of rotatable bonds is 5. The van der Waals surface area contributed by atoms with Crippen LogP contribution in [0, 0.1) is 13.8 Å². The van der Waals surface area contributed by atoms with E-state index in [1.54, 1.807) is 0 Å². The number of carbonyl (C=O) groups excluding carboxylic acids is 2. The van der Waals surface area contributed by atoms with Gasteiger partial charge in [0.1, 0.15) is 0 Å². The molecule has 23 heavy (non-hydrogen) atoms. The molecular weight excluding hydrogens is 356 g/mol. The van der Waals surface area contributed by atoms with Gasteiger partial charge in [-0.05, 0) is 36.6 Å². The van der Waals surface area contributed by atoms with E-state index in [-0.39, 0.29) is 24.8 Å². The minimum atomic E-state index is -0.233. The van der Waals surface area contributed by atoms with Crippen LogP contribution in [-0.2, 0) is 16.0 Å². The zero-order valence-corrected chi connectivity index (χ0v) is 14.7. The van der Waals surface area contributed by atoms with Crippen molar-refractivity contribution in [3.63, 3.8) is 0 Å². The summed E-state index contributed by atoms with van der Waals surface area (Å²) < 4.78 is 0.884. The lowest BCUT2D eigenvalue weighted by molar-refractivity contribution is -0.123. The number of amides is 2. The van der Waals surface area contributed by atoms with E-state index in [2.05, 4.69) is 26.6 Å². The molecule has 0 aliphatic heterocycles. The second-order valence-electron chi connectivity index (χ2n) is 5.36. The van der Waals surface area contributed by atoms with Gasteiger partial charge >= 0.3 is 0 Å². The highest BCUT2D eigenvalue weighted by Crippen LogP contribution is 2.19. The Labute approximate surface area is 144 Å². The molecule has 2 amide bonds. The molecular formula is C18H19BrN2O2. The van der Waals surface area contributed by atoms with E-state index in [1.165, 1.54) is 0 Å². The highest BCUT2D eigenvalue weighted by atomic mass is 79.9. The van der Waals surface area contributed by atoms with Crippen molar-refractivity contribution in [3.05, 3.63) is 63.6 Å². The van der Waals surface area contributed by atoms with Gasteiger partial charge in [-0.25, -0.2) is 0 Å². The van der Waals surface area contributed by atoms with Crippen LogP contribution < -0.4 is 10.6 Å². The van der Waals surface area contributed by atoms with Gasteiger partial charge in [0.05, 0.1) is 13.0 Å². The fraction of sp³-hybridized carbons (Fsp3) is 0.222. The lowest BCUT2D eigenvalue weighted by Gasteiger charge is -2.12. The molecule has 0 bridgehead atoms. The van der Waals surface area contributed by atoms with Crippen LogP contribution in [0.15, 0.2) is 46.9 Å². The molecule has 0 aliphatic rings. The Bertz CT molecular complexity index is 708. The molecule has 2 N–H and O–H groups in total. The third-order valence-electron chi connectivity index (χ3n) is 3.50. The van der Waals surface area contributed by atoms with Crippen LogP contribution in [0.25, 0.3) is 0 Å². The highest BCUT2D eigenvalue weighted by Gasteiger charge is 2.10. The van der Waals surface area contributed by atoms with Gasteiger partial charge in [0.25, 0.3) is 0 Å². The number of aryl methyl sites for hydroxylation is 2. The second kappa shape index (κ2) is 7.92. The number of carbonyl (C=O) groups is 2. The first-order chi connectivity index (χ1) is 11.0. The van der Waals surface area contributed by atoms with Gasteiger partial charge in [0.2, 0.25) is 11.8 Å². The van der Waals surface area contributed by atoms with Gasteiger partial charge in [-0.1, -0.05) is 52.3 Å². The Hall–Kier alpha value is -2.14. The van der Waals surface area contributed by atoms with Crippen molar-refractivity contribution >= 4 is 33.4 Å². The lowest BCUT2D eigenvalue weighted by atomic mass is 10.1. The Morgan fingerprint density at radius 3 is 2.26 bits per heavy atom. The summed E-state index contributed by atoms with van der Waals surface area (Å²) in [4.78, 5) is 23.9. The van der Waals surface area contributed by atoms with Gasteiger partial charge in [-0.3, -0.25) is 9.59 Å². The molecule has 0 unspecified atom stereocenters. The third kappa shape index (κ3) is 4.93. The van der Waals surface area contributed by atoms with E-state index in [0.717, 1.165) is 26.9 Å². The molecule has 0 saturated heterocycles. The van der Waals surface area contributed by atoms with Crippen LogP contribution >= 0.6 is 15.9 Å². The first-order valence-electron chi connectivity index (χ1n) is 7.33. The summed E-state index contributed by atoms with van der Waals surface area (Å²) in [5.74, 6) is -0.420. The summed E-state index contributed by atoms with van der Waals surface area (Å²) in [6.07, 6.45) is 0.234. The largest absolute Gasteiger partial charge is 0.347 e. The molecule has 2 aromatic rings. The number of hydrogen-bond acceptors (Lipinski definition) is 2. The Balaban J connectivity index is 1.87. The number of anilines is 1. The molecule has 4 nitrogen and oxygen atoms in total. The number of nitrogens with one attached hydrogen (secondary N) is 2. The summed E-state index contributed by atoms with van der Waals surface area (Å²) in [6.45, 7) is 3.83. The highest BCUT2D eigenvalue weighted by molar-refractivity contribution is 9.10. The fourth-order valence-electron chi connectivity index (χ4n) is 2.25. The van der Waals surface area contributed by atoms with Crippen molar-refractivity contribution in [2.24, 2.45) is 0 Å². The van der Waals surface area contributed by atoms with Crippen molar-refractivity contribution in [1.82, 2.24) is 5.32 Å². The first kappa shape index (κ1) is 17.2.